The summed E-state index contributed by atoms with van der Waals surface area (Å²) in [6, 6.07) is 13.8. The monoisotopic (exact) mass is 416 g/mol. The molecule has 1 saturated carbocycles. The van der Waals surface area contributed by atoms with Gasteiger partial charge in [0.1, 0.15) is 6.04 Å². The molecule has 6 heteroatoms. The number of amides is 1. The van der Waals surface area contributed by atoms with Crippen LogP contribution in [-0.4, -0.2) is 25.8 Å². The summed E-state index contributed by atoms with van der Waals surface area (Å²) in [7, 11) is 0. The molecule has 1 aromatic carbocycles. The molecule has 6 nitrogen and oxygen atoms in total. The number of hydrogen-bond acceptors (Lipinski definition) is 4. The predicted molar refractivity (Wildman–Crippen MR) is 118 cm³/mol. The van der Waals surface area contributed by atoms with Crippen LogP contribution >= 0.6 is 0 Å². The predicted octanol–water partition coefficient (Wildman–Crippen LogP) is 4.10. The molecule has 4 atom stereocenters. The third-order valence-corrected chi connectivity index (χ3v) is 6.82. The number of hydrogen-bond donors (Lipinski definition) is 2. The fourth-order valence-electron chi connectivity index (χ4n) is 5.16. The van der Waals surface area contributed by atoms with E-state index < -0.39 is 6.10 Å². The minimum atomic E-state index is -0.429. The summed E-state index contributed by atoms with van der Waals surface area (Å²) in [6.45, 7) is 0. The lowest BCUT2D eigenvalue weighted by atomic mass is 9.92. The molecule has 0 radical (unpaired) electrons. The van der Waals surface area contributed by atoms with Crippen molar-refractivity contribution in [2.75, 3.05) is 5.32 Å². The number of anilines is 1. The fraction of sp³-hybridized carbons (Fsp3) is 0.400. The number of nitrogens with one attached hydrogen (secondary N) is 1. The van der Waals surface area contributed by atoms with Gasteiger partial charge in [-0.15, -0.1) is 0 Å². The second-order valence-electron chi connectivity index (χ2n) is 8.88. The first-order chi connectivity index (χ1) is 15.2. The van der Waals surface area contributed by atoms with Crippen LogP contribution in [0.1, 0.15) is 54.6 Å². The van der Waals surface area contributed by atoms with Crippen molar-refractivity contribution < 1.29 is 9.90 Å². The minimum Gasteiger partial charge on any atom is -0.388 e. The number of carbonyl (C=O) groups is 1. The molecule has 1 amide bonds. The summed E-state index contributed by atoms with van der Waals surface area (Å²) in [4.78, 5) is 16.8. The quantitative estimate of drug-likeness (QED) is 0.634. The van der Waals surface area contributed by atoms with Gasteiger partial charge in [0.15, 0.2) is 0 Å². The molecule has 1 aliphatic carbocycles. The third kappa shape index (κ3) is 4.26. The maximum atomic E-state index is 12.7. The lowest BCUT2D eigenvalue weighted by Gasteiger charge is -2.18. The Kier molecular flexibility index (Phi) is 5.55. The van der Waals surface area contributed by atoms with Crippen LogP contribution in [0.3, 0.4) is 0 Å². The van der Waals surface area contributed by atoms with Crippen LogP contribution in [0.2, 0.25) is 0 Å². The smallest absolute Gasteiger partial charge is 0.249 e. The first-order valence-corrected chi connectivity index (χ1v) is 11.2. The SMILES string of the molecule is O=C(Nc1ccc(C[C@@H]2CC[C@H]([C@H](O)c3cccnc3)C2)cc1)[C@H]1CCc2ccnn21. The Hall–Kier alpha value is -2.99. The van der Waals surface area contributed by atoms with Crippen LogP contribution in [0.4, 0.5) is 5.69 Å². The Morgan fingerprint density at radius 1 is 1.13 bits per heavy atom. The van der Waals surface area contributed by atoms with Gasteiger partial charge < -0.3 is 10.4 Å². The van der Waals surface area contributed by atoms with Crippen molar-refractivity contribution in [3.8, 4) is 0 Å². The van der Waals surface area contributed by atoms with Gasteiger partial charge in [0.2, 0.25) is 5.91 Å². The van der Waals surface area contributed by atoms with E-state index in [0.717, 1.165) is 55.5 Å². The molecular weight excluding hydrogens is 388 g/mol. The highest BCUT2D eigenvalue weighted by Gasteiger charge is 2.31. The average Bonchev–Trinajstić information content (AvgIpc) is 3.52. The second-order valence-corrected chi connectivity index (χ2v) is 8.88. The van der Waals surface area contributed by atoms with Crippen molar-refractivity contribution in [3.63, 3.8) is 0 Å². The van der Waals surface area contributed by atoms with Crippen molar-refractivity contribution in [2.24, 2.45) is 11.8 Å². The first-order valence-electron chi connectivity index (χ1n) is 11.2. The normalized spacial score (nSPS) is 23.5. The maximum absolute atomic E-state index is 12.7. The van der Waals surface area contributed by atoms with Gasteiger partial charge >= 0.3 is 0 Å². The van der Waals surface area contributed by atoms with E-state index in [4.69, 9.17) is 0 Å². The molecule has 0 unspecified atom stereocenters. The average molecular weight is 417 g/mol. The van der Waals surface area contributed by atoms with Crippen LogP contribution in [0.15, 0.2) is 61.1 Å². The van der Waals surface area contributed by atoms with Gasteiger partial charge in [0.05, 0.1) is 6.10 Å². The highest BCUT2D eigenvalue weighted by molar-refractivity contribution is 5.94. The molecule has 3 heterocycles. The molecule has 31 heavy (non-hydrogen) atoms. The van der Waals surface area contributed by atoms with Gasteiger partial charge in [-0.1, -0.05) is 18.2 Å². The van der Waals surface area contributed by atoms with Gasteiger partial charge in [-0.25, -0.2) is 0 Å². The number of aliphatic hydroxyl groups is 1. The molecule has 2 N–H and O–H groups in total. The lowest BCUT2D eigenvalue weighted by molar-refractivity contribution is -0.119. The van der Waals surface area contributed by atoms with Crippen molar-refractivity contribution in [3.05, 3.63) is 77.9 Å². The number of nitrogens with zero attached hydrogens (tertiary/aromatic N) is 3. The van der Waals surface area contributed by atoms with E-state index in [1.807, 2.05) is 35.0 Å². The fourth-order valence-corrected chi connectivity index (χ4v) is 5.16. The van der Waals surface area contributed by atoms with Gasteiger partial charge in [-0.05, 0) is 85.8 Å². The number of aliphatic hydroxyl groups excluding tert-OH is 1. The van der Waals surface area contributed by atoms with Crippen molar-refractivity contribution in [2.45, 2.75) is 50.7 Å². The summed E-state index contributed by atoms with van der Waals surface area (Å²) in [5, 5.41) is 18.0. The molecule has 0 bridgehead atoms. The Morgan fingerprint density at radius 2 is 2.00 bits per heavy atom. The highest BCUT2D eigenvalue weighted by Crippen LogP contribution is 2.40. The summed E-state index contributed by atoms with van der Waals surface area (Å²) in [5.74, 6) is 0.873. The van der Waals surface area contributed by atoms with E-state index >= 15 is 0 Å². The minimum absolute atomic E-state index is 0.00164. The zero-order valence-electron chi connectivity index (χ0n) is 17.5. The molecule has 3 aromatic rings. The first kappa shape index (κ1) is 19.9. The third-order valence-electron chi connectivity index (χ3n) is 6.82. The van der Waals surface area contributed by atoms with Crippen LogP contribution in [-0.2, 0) is 17.6 Å². The van der Waals surface area contributed by atoms with Crippen LogP contribution in [0.25, 0.3) is 0 Å². The number of aromatic nitrogens is 3. The molecule has 2 aliphatic rings. The summed E-state index contributed by atoms with van der Waals surface area (Å²) in [5.41, 5.74) is 4.14. The number of carbonyl (C=O) groups excluding carboxylic acids is 1. The van der Waals surface area contributed by atoms with Crippen LogP contribution < -0.4 is 5.32 Å². The van der Waals surface area contributed by atoms with E-state index in [0.29, 0.717) is 11.8 Å². The Bertz CT molecular complexity index is 1030. The maximum Gasteiger partial charge on any atom is 0.249 e. The highest BCUT2D eigenvalue weighted by atomic mass is 16.3. The van der Waals surface area contributed by atoms with E-state index in [2.05, 4.69) is 27.5 Å². The Labute approximate surface area is 182 Å². The number of aryl methyl sites for hydroxylation is 1. The zero-order valence-corrected chi connectivity index (χ0v) is 17.5. The number of pyridine rings is 1. The Morgan fingerprint density at radius 3 is 2.81 bits per heavy atom. The van der Waals surface area contributed by atoms with E-state index in [9.17, 15) is 9.90 Å². The van der Waals surface area contributed by atoms with Gasteiger partial charge in [-0.2, -0.15) is 5.10 Å². The molecule has 1 aliphatic heterocycles. The van der Waals surface area contributed by atoms with Gasteiger partial charge in [0, 0.05) is 30.0 Å². The van der Waals surface area contributed by atoms with Crippen LogP contribution in [0.5, 0.6) is 0 Å². The zero-order chi connectivity index (χ0) is 21.2. The molecule has 5 rings (SSSR count). The van der Waals surface area contributed by atoms with E-state index in [-0.39, 0.29) is 11.9 Å². The van der Waals surface area contributed by atoms with Gasteiger partial charge in [-0.3, -0.25) is 14.5 Å². The molecule has 1 fully saturated rings. The van der Waals surface area contributed by atoms with E-state index in [1.165, 1.54) is 5.56 Å². The topological polar surface area (TPSA) is 80.0 Å². The van der Waals surface area contributed by atoms with Crippen molar-refractivity contribution in [1.29, 1.82) is 0 Å². The number of fused-ring (bicyclic) bond motifs is 1. The molecule has 2 aromatic heterocycles. The summed E-state index contributed by atoms with van der Waals surface area (Å²) >= 11 is 0. The van der Waals surface area contributed by atoms with Crippen molar-refractivity contribution in [1.82, 2.24) is 14.8 Å². The van der Waals surface area contributed by atoms with E-state index in [1.54, 1.807) is 18.6 Å². The number of rotatable bonds is 6. The molecule has 0 saturated heterocycles. The van der Waals surface area contributed by atoms with Gasteiger partial charge in [0.25, 0.3) is 0 Å². The second kappa shape index (κ2) is 8.63. The summed E-state index contributed by atoms with van der Waals surface area (Å²) < 4.78 is 1.83. The molecule has 0 spiro atoms. The summed E-state index contributed by atoms with van der Waals surface area (Å²) in [6.07, 6.45) is 10.8. The Balaban J connectivity index is 1.15. The van der Waals surface area contributed by atoms with Crippen molar-refractivity contribution >= 4 is 11.6 Å². The molecular formula is C25H28N4O2. The van der Waals surface area contributed by atoms with Crippen LogP contribution in [0, 0.1) is 11.8 Å². The standard InChI is InChI=1S/C25H28N4O2/c30-24(20-2-1-12-26-16-20)19-6-3-18(15-19)14-17-4-7-21(8-5-17)28-25(31)23-10-9-22-11-13-27-29(22)23/h1-2,4-5,7-8,11-13,16,18-19,23-24,30H,3,6,9-10,14-15H2,(H,28,31)/t18-,19-,23+,24-/m0/s1. The molecule has 160 valence electrons. The largest absolute Gasteiger partial charge is 0.388 e. The number of benzene rings is 1. The lowest BCUT2D eigenvalue weighted by Crippen LogP contribution is -2.24.